The summed E-state index contributed by atoms with van der Waals surface area (Å²) in [4.78, 5) is 1.92. The van der Waals surface area contributed by atoms with Crippen molar-refractivity contribution >= 4 is 0 Å². The average molecular weight is 515 g/mol. The second kappa shape index (κ2) is 9.88. The van der Waals surface area contributed by atoms with Gasteiger partial charge in [-0.15, -0.1) is 0 Å². The SMILES string of the molecule is NC1CC(C(F)(F)F)C2NC1C1NNC(O1)C(C(F)(F)F)C1CCCC(CCC[C@@H]3CCCN23)N1. The molecule has 5 aliphatic rings. The molecule has 0 aromatic carbocycles. The number of hydrogen-bond donors (Lipinski definition) is 5. The fourth-order valence-electron chi connectivity index (χ4n) is 7.01. The first-order chi connectivity index (χ1) is 16.5. The van der Waals surface area contributed by atoms with Gasteiger partial charge in [-0.25, -0.2) is 10.9 Å². The van der Waals surface area contributed by atoms with Gasteiger partial charge in [-0.3, -0.25) is 10.2 Å². The fourth-order valence-corrected chi connectivity index (χ4v) is 7.01. The van der Waals surface area contributed by atoms with Crippen LogP contribution in [0.1, 0.15) is 57.8 Å². The van der Waals surface area contributed by atoms with Gasteiger partial charge in [-0.2, -0.15) is 26.3 Å². The van der Waals surface area contributed by atoms with Crippen LogP contribution in [-0.2, 0) is 4.74 Å². The van der Waals surface area contributed by atoms with E-state index in [1.807, 2.05) is 4.90 Å². The molecule has 6 N–H and O–H groups in total. The molecule has 0 saturated carbocycles. The Hall–Kier alpha value is -0.700. The van der Waals surface area contributed by atoms with E-state index in [4.69, 9.17) is 10.5 Å². The normalized spacial score (nSPS) is 46.0. The lowest BCUT2D eigenvalue weighted by atomic mass is 9.85. The summed E-state index contributed by atoms with van der Waals surface area (Å²) in [6.45, 7) is 0.552. The number of rotatable bonds is 0. The van der Waals surface area contributed by atoms with E-state index in [0.29, 0.717) is 25.8 Å². The minimum absolute atomic E-state index is 0.00286. The predicted octanol–water partition coefficient (Wildman–Crippen LogP) is 2.29. The largest absolute Gasteiger partial charge is 0.397 e. The molecule has 5 rings (SSSR count). The Balaban J connectivity index is 1.46. The van der Waals surface area contributed by atoms with Crippen LogP contribution in [0.5, 0.6) is 0 Å². The Kier molecular flexibility index (Phi) is 7.32. The highest BCUT2D eigenvalue weighted by Crippen LogP contribution is 2.42. The predicted molar refractivity (Wildman–Crippen MR) is 115 cm³/mol. The zero-order valence-electron chi connectivity index (χ0n) is 19.5. The van der Waals surface area contributed by atoms with E-state index in [2.05, 4.69) is 21.5 Å². The molecule has 0 radical (unpaired) electrons. The third-order valence-corrected chi connectivity index (χ3v) is 8.66. The molecule has 9 unspecified atom stereocenters. The third-order valence-electron chi connectivity index (χ3n) is 8.66. The number of halogens is 6. The maximum absolute atomic E-state index is 14.2. The lowest BCUT2D eigenvalue weighted by molar-refractivity contribution is -0.224. The molecule has 202 valence electrons. The summed E-state index contributed by atoms with van der Waals surface area (Å²) in [5.74, 6) is -3.45. The maximum Gasteiger partial charge on any atom is 0.397 e. The molecule has 0 spiro atoms. The Labute approximate surface area is 201 Å². The van der Waals surface area contributed by atoms with Crippen molar-refractivity contribution in [2.24, 2.45) is 17.6 Å². The minimum Gasteiger partial charge on any atom is -0.340 e. The number of piperidine rings is 2. The van der Waals surface area contributed by atoms with Crippen LogP contribution in [-0.4, -0.2) is 72.6 Å². The number of alkyl halides is 6. The minimum atomic E-state index is -4.52. The molecule has 5 saturated heterocycles. The van der Waals surface area contributed by atoms with Gasteiger partial charge in [0.15, 0.2) is 0 Å². The van der Waals surface area contributed by atoms with Crippen LogP contribution < -0.4 is 27.2 Å². The van der Waals surface area contributed by atoms with Gasteiger partial charge < -0.3 is 15.8 Å². The Morgan fingerprint density at radius 1 is 0.800 bits per heavy atom. The van der Waals surface area contributed by atoms with E-state index in [9.17, 15) is 26.3 Å². The molecule has 5 aliphatic heterocycles. The average Bonchev–Trinajstić information content (AvgIpc) is 3.42. The molecular formula is C22H36F6N6O. The van der Waals surface area contributed by atoms with Crippen molar-refractivity contribution in [1.29, 1.82) is 0 Å². The Bertz CT molecular complexity index is 740. The van der Waals surface area contributed by atoms with Gasteiger partial charge in [-0.05, 0) is 51.5 Å². The van der Waals surface area contributed by atoms with E-state index < -0.39 is 60.9 Å². The van der Waals surface area contributed by atoms with Gasteiger partial charge in [-0.1, -0.05) is 12.8 Å². The van der Waals surface area contributed by atoms with Crippen LogP contribution >= 0.6 is 0 Å². The van der Waals surface area contributed by atoms with Crippen LogP contribution in [0.4, 0.5) is 26.3 Å². The van der Waals surface area contributed by atoms with Gasteiger partial charge >= 0.3 is 12.4 Å². The molecule has 5 fully saturated rings. The van der Waals surface area contributed by atoms with Crippen molar-refractivity contribution in [3.05, 3.63) is 0 Å². The Morgan fingerprint density at radius 2 is 1.49 bits per heavy atom. The van der Waals surface area contributed by atoms with Crippen LogP contribution in [0.3, 0.4) is 0 Å². The molecule has 0 aromatic rings. The van der Waals surface area contributed by atoms with Crippen molar-refractivity contribution < 1.29 is 31.1 Å². The summed E-state index contributed by atoms with van der Waals surface area (Å²) in [6.07, 6.45) is -6.89. The smallest absolute Gasteiger partial charge is 0.340 e. The number of nitrogens with zero attached hydrogens (tertiary/aromatic N) is 1. The fraction of sp³-hybridized carbons (Fsp3) is 1.00. The van der Waals surface area contributed by atoms with Crippen molar-refractivity contribution in [2.75, 3.05) is 6.54 Å². The zero-order chi connectivity index (χ0) is 25.0. The summed E-state index contributed by atoms with van der Waals surface area (Å²) in [5, 5.41) is 6.32. The lowest BCUT2D eigenvalue weighted by Crippen LogP contribution is -2.70. The topological polar surface area (TPSA) is 86.6 Å². The molecular weight excluding hydrogens is 478 g/mol. The molecule has 5 heterocycles. The highest BCUT2D eigenvalue weighted by atomic mass is 19.4. The summed E-state index contributed by atoms with van der Waals surface area (Å²) in [5.41, 5.74) is 11.6. The number of hydrogen-bond acceptors (Lipinski definition) is 7. The standard InChI is InChI=1S/C22H36F6N6O/c23-21(24,25)13-10-14(29)17-20-33-32-19(35-20)16(22(26,27)28)15-8-2-5-11(30-15)4-1-6-12-7-3-9-34(12)18(13)31-17/h11-20,30-33H,1-10,29H2/t11?,12-,13?,14?,15?,16?,17?,18?,19?,20?/m1/s1. The molecule has 0 amide bonds. The van der Waals surface area contributed by atoms with E-state index in [-0.39, 0.29) is 18.5 Å². The monoisotopic (exact) mass is 514 g/mol. The van der Waals surface area contributed by atoms with Crippen molar-refractivity contribution in [3.8, 4) is 0 Å². The number of hydrazine groups is 1. The molecule has 10 atom stereocenters. The second-order valence-corrected chi connectivity index (χ2v) is 10.9. The van der Waals surface area contributed by atoms with E-state index in [0.717, 1.165) is 32.1 Å². The first kappa shape index (κ1) is 25.9. The van der Waals surface area contributed by atoms with Crippen molar-refractivity contribution in [3.63, 3.8) is 0 Å². The molecule has 13 heteroatoms. The van der Waals surface area contributed by atoms with Crippen molar-refractivity contribution in [2.45, 2.75) is 119 Å². The molecule has 6 bridgehead atoms. The molecule has 7 nitrogen and oxygen atoms in total. The quantitative estimate of drug-likeness (QED) is 0.317. The van der Waals surface area contributed by atoms with Gasteiger partial charge in [0, 0.05) is 24.2 Å². The van der Waals surface area contributed by atoms with E-state index in [1.165, 1.54) is 0 Å². The molecule has 0 aliphatic carbocycles. The van der Waals surface area contributed by atoms with Crippen LogP contribution in [0, 0.1) is 11.8 Å². The van der Waals surface area contributed by atoms with Gasteiger partial charge in [0.2, 0.25) is 0 Å². The first-order valence-corrected chi connectivity index (χ1v) is 12.9. The number of nitrogens with one attached hydrogen (secondary N) is 4. The Morgan fingerprint density at radius 3 is 2.20 bits per heavy atom. The summed E-state index contributed by atoms with van der Waals surface area (Å²) in [6, 6.07) is -2.55. The summed E-state index contributed by atoms with van der Waals surface area (Å²) in [7, 11) is 0. The van der Waals surface area contributed by atoms with Gasteiger partial charge in [0.05, 0.1) is 18.1 Å². The summed E-state index contributed by atoms with van der Waals surface area (Å²) >= 11 is 0. The van der Waals surface area contributed by atoms with E-state index in [1.54, 1.807) is 0 Å². The lowest BCUT2D eigenvalue weighted by Gasteiger charge is -2.48. The van der Waals surface area contributed by atoms with E-state index >= 15 is 0 Å². The molecule has 35 heavy (non-hydrogen) atoms. The second-order valence-electron chi connectivity index (χ2n) is 10.9. The summed E-state index contributed by atoms with van der Waals surface area (Å²) < 4.78 is 90.8. The highest BCUT2D eigenvalue weighted by Gasteiger charge is 2.57. The maximum atomic E-state index is 14.2. The van der Waals surface area contributed by atoms with Crippen molar-refractivity contribution in [1.82, 2.24) is 26.4 Å². The number of nitrogens with two attached hydrogens (primary N) is 1. The van der Waals surface area contributed by atoms with Crippen LogP contribution in [0.2, 0.25) is 0 Å². The highest BCUT2D eigenvalue weighted by molar-refractivity contribution is 5.03. The number of ether oxygens (including phenoxy) is 1. The first-order valence-electron chi connectivity index (χ1n) is 12.9. The van der Waals surface area contributed by atoms with Crippen LogP contribution in [0.15, 0.2) is 0 Å². The van der Waals surface area contributed by atoms with Gasteiger partial charge in [0.25, 0.3) is 0 Å². The zero-order valence-corrected chi connectivity index (χ0v) is 19.5. The van der Waals surface area contributed by atoms with Crippen LogP contribution in [0.25, 0.3) is 0 Å². The van der Waals surface area contributed by atoms with Gasteiger partial charge in [0.1, 0.15) is 18.4 Å². The number of fused-ring (bicyclic) bond motifs is 9. The third kappa shape index (κ3) is 5.32. The molecule has 0 aromatic heterocycles.